The highest BCUT2D eigenvalue weighted by atomic mass is 19.1. The first-order valence-electron chi connectivity index (χ1n) is 9.59. The van der Waals surface area contributed by atoms with Gasteiger partial charge in [-0.1, -0.05) is 0 Å². The lowest BCUT2D eigenvalue weighted by Gasteiger charge is -2.35. The van der Waals surface area contributed by atoms with E-state index in [4.69, 9.17) is 4.74 Å². The van der Waals surface area contributed by atoms with Crippen LogP contribution in [0.1, 0.15) is 34.6 Å². The van der Waals surface area contributed by atoms with E-state index in [1.54, 1.807) is 13.8 Å². The zero-order valence-corrected chi connectivity index (χ0v) is 16.0. The van der Waals surface area contributed by atoms with E-state index in [9.17, 15) is 13.6 Å². The highest BCUT2D eigenvalue weighted by molar-refractivity contribution is 5.96. The monoisotopic (exact) mass is 390 g/mol. The lowest BCUT2D eigenvalue weighted by Crippen LogP contribution is -2.50. The highest BCUT2D eigenvalue weighted by Crippen LogP contribution is 2.23. The van der Waals surface area contributed by atoms with E-state index in [2.05, 4.69) is 15.3 Å². The fourth-order valence-corrected chi connectivity index (χ4v) is 4.16. The lowest BCUT2D eigenvalue weighted by molar-refractivity contribution is -0.0461. The van der Waals surface area contributed by atoms with E-state index < -0.39 is 11.6 Å². The van der Waals surface area contributed by atoms with E-state index >= 15 is 0 Å². The molecule has 0 radical (unpaired) electrons. The van der Waals surface area contributed by atoms with Crippen molar-refractivity contribution >= 4 is 5.91 Å². The molecule has 1 N–H and O–H groups in total. The van der Waals surface area contributed by atoms with Crippen LogP contribution in [0.3, 0.4) is 0 Å². The summed E-state index contributed by atoms with van der Waals surface area (Å²) in [5.41, 5.74) is 1.50. The Kier molecular flexibility index (Phi) is 5.16. The molecule has 0 aliphatic carbocycles. The van der Waals surface area contributed by atoms with Gasteiger partial charge in [-0.25, -0.2) is 13.5 Å². The highest BCUT2D eigenvalue weighted by Gasteiger charge is 2.32. The summed E-state index contributed by atoms with van der Waals surface area (Å²) >= 11 is 0. The number of halogens is 2. The second-order valence-electron chi connectivity index (χ2n) is 7.51. The molecule has 8 heteroatoms. The van der Waals surface area contributed by atoms with Gasteiger partial charge in [-0.15, -0.1) is 0 Å². The second kappa shape index (κ2) is 7.60. The molecule has 2 aromatic rings. The number of benzene rings is 1. The molecule has 0 spiro atoms. The predicted octanol–water partition coefficient (Wildman–Crippen LogP) is 2.36. The number of aromatic nitrogens is 2. The maximum Gasteiger partial charge on any atom is 0.255 e. The van der Waals surface area contributed by atoms with Crippen molar-refractivity contribution in [1.29, 1.82) is 0 Å². The number of amides is 1. The van der Waals surface area contributed by atoms with Crippen LogP contribution in [0.5, 0.6) is 0 Å². The van der Waals surface area contributed by atoms with E-state index in [1.807, 2.05) is 0 Å². The molecular weight excluding hydrogens is 366 g/mol. The van der Waals surface area contributed by atoms with Gasteiger partial charge in [0.25, 0.3) is 5.91 Å². The summed E-state index contributed by atoms with van der Waals surface area (Å²) in [6, 6.07) is 3.80. The summed E-state index contributed by atoms with van der Waals surface area (Å²) in [6.07, 6.45) is 2.34. The molecule has 2 atom stereocenters. The van der Waals surface area contributed by atoms with Crippen LogP contribution in [0.15, 0.2) is 18.2 Å². The smallest absolute Gasteiger partial charge is 0.255 e. The molecule has 1 aromatic heterocycles. The predicted molar refractivity (Wildman–Crippen MR) is 99.6 cm³/mol. The van der Waals surface area contributed by atoms with Crippen LogP contribution in [0, 0.1) is 25.5 Å². The first-order valence-corrected chi connectivity index (χ1v) is 9.59. The first kappa shape index (κ1) is 19.0. The summed E-state index contributed by atoms with van der Waals surface area (Å²) < 4.78 is 34.5. The molecule has 1 amide bonds. The molecule has 150 valence electrons. The largest absolute Gasteiger partial charge is 0.373 e. The molecule has 1 aromatic carbocycles. The number of carbonyl (C=O) groups excluding carboxylic acids is 1. The van der Waals surface area contributed by atoms with E-state index in [1.165, 1.54) is 29.7 Å². The van der Waals surface area contributed by atoms with Crippen molar-refractivity contribution in [1.82, 2.24) is 20.0 Å². The van der Waals surface area contributed by atoms with Gasteiger partial charge >= 0.3 is 0 Å². The van der Waals surface area contributed by atoms with E-state index in [0.29, 0.717) is 36.1 Å². The van der Waals surface area contributed by atoms with Gasteiger partial charge in [-0.2, -0.15) is 5.10 Å². The number of carbonyl (C=O) groups is 1. The molecule has 0 bridgehead atoms. The van der Waals surface area contributed by atoms with Crippen LogP contribution in [0.4, 0.5) is 8.78 Å². The Bertz CT molecular complexity index is 899. The minimum absolute atomic E-state index is 0.0384. The van der Waals surface area contributed by atoms with Crippen LogP contribution in [-0.4, -0.2) is 59.0 Å². The number of nitrogens with zero attached hydrogens (tertiary/aromatic N) is 3. The zero-order chi connectivity index (χ0) is 19.8. The number of ether oxygens (including phenoxy) is 1. The molecule has 2 saturated heterocycles. The van der Waals surface area contributed by atoms with Gasteiger partial charge in [0.1, 0.15) is 11.5 Å². The third kappa shape index (κ3) is 3.54. The van der Waals surface area contributed by atoms with Gasteiger partial charge in [-0.05, 0) is 45.4 Å². The standard InChI is InChI=1S/C20H24F2N4O2/c1-12-19(13(2)26(24-12)18-6-5-14(21)8-17(18)22)20(27)23-9-16-10-25-7-3-4-15(25)11-28-16/h5-6,8,15-16H,3-4,7,9-11H2,1-2H3,(H,23,27). The van der Waals surface area contributed by atoms with Gasteiger partial charge in [0, 0.05) is 25.2 Å². The summed E-state index contributed by atoms with van der Waals surface area (Å²) in [6.45, 7) is 6.43. The third-order valence-corrected chi connectivity index (χ3v) is 5.61. The number of hydrogen-bond acceptors (Lipinski definition) is 4. The van der Waals surface area contributed by atoms with Crippen LogP contribution < -0.4 is 5.32 Å². The summed E-state index contributed by atoms with van der Waals surface area (Å²) in [5, 5.41) is 7.21. The molecule has 28 heavy (non-hydrogen) atoms. The molecule has 2 fully saturated rings. The average Bonchev–Trinajstić information content (AvgIpc) is 3.23. The SMILES string of the molecule is Cc1nn(-c2ccc(F)cc2F)c(C)c1C(=O)NCC1CN2CCCC2CO1. The van der Waals surface area contributed by atoms with Crippen molar-refractivity contribution in [2.75, 3.05) is 26.2 Å². The Hall–Kier alpha value is -2.32. The molecule has 3 heterocycles. The second-order valence-corrected chi connectivity index (χ2v) is 7.51. The van der Waals surface area contributed by atoms with Gasteiger partial charge < -0.3 is 10.1 Å². The average molecular weight is 390 g/mol. The summed E-state index contributed by atoms with van der Waals surface area (Å²) in [5.74, 6) is -1.65. The Morgan fingerprint density at radius 1 is 1.36 bits per heavy atom. The summed E-state index contributed by atoms with van der Waals surface area (Å²) in [4.78, 5) is 15.2. The van der Waals surface area contributed by atoms with Crippen molar-refractivity contribution in [2.24, 2.45) is 0 Å². The minimum Gasteiger partial charge on any atom is -0.373 e. The number of fused-ring (bicyclic) bond motifs is 1. The van der Waals surface area contributed by atoms with Gasteiger partial charge in [0.05, 0.1) is 29.7 Å². The number of aryl methyl sites for hydroxylation is 1. The molecular formula is C20H24F2N4O2. The van der Waals surface area contributed by atoms with Crippen LogP contribution in [0.25, 0.3) is 5.69 Å². The number of morpholine rings is 1. The quantitative estimate of drug-likeness (QED) is 0.871. The Balaban J connectivity index is 1.46. The Morgan fingerprint density at radius 2 is 2.18 bits per heavy atom. The molecule has 2 aliphatic rings. The number of nitrogens with one attached hydrogen (secondary N) is 1. The Morgan fingerprint density at radius 3 is 2.96 bits per heavy atom. The van der Waals surface area contributed by atoms with Gasteiger partial charge in [0.15, 0.2) is 5.82 Å². The van der Waals surface area contributed by atoms with Crippen molar-refractivity contribution in [2.45, 2.75) is 38.8 Å². The topological polar surface area (TPSA) is 59.4 Å². The van der Waals surface area contributed by atoms with Crippen LogP contribution in [0.2, 0.25) is 0 Å². The maximum absolute atomic E-state index is 14.1. The van der Waals surface area contributed by atoms with Crippen molar-refractivity contribution in [3.8, 4) is 5.69 Å². The lowest BCUT2D eigenvalue weighted by atomic mass is 10.1. The molecule has 2 aliphatic heterocycles. The number of hydrogen-bond donors (Lipinski definition) is 1. The first-order chi connectivity index (χ1) is 13.4. The van der Waals surface area contributed by atoms with Gasteiger partial charge in [0.2, 0.25) is 0 Å². The van der Waals surface area contributed by atoms with E-state index in [-0.39, 0.29) is 17.7 Å². The summed E-state index contributed by atoms with van der Waals surface area (Å²) in [7, 11) is 0. The minimum atomic E-state index is -0.728. The van der Waals surface area contributed by atoms with Crippen LogP contribution >= 0.6 is 0 Å². The maximum atomic E-state index is 14.1. The van der Waals surface area contributed by atoms with Crippen LogP contribution in [-0.2, 0) is 4.74 Å². The van der Waals surface area contributed by atoms with Gasteiger partial charge in [-0.3, -0.25) is 9.69 Å². The Labute approximate surface area is 162 Å². The molecule has 6 nitrogen and oxygen atoms in total. The fraction of sp³-hybridized carbons (Fsp3) is 0.500. The molecule has 4 rings (SSSR count). The zero-order valence-electron chi connectivity index (χ0n) is 16.0. The normalized spacial score (nSPS) is 22.3. The molecule has 0 saturated carbocycles. The fourth-order valence-electron chi connectivity index (χ4n) is 4.16. The third-order valence-electron chi connectivity index (χ3n) is 5.61. The van der Waals surface area contributed by atoms with E-state index in [0.717, 1.165) is 19.2 Å². The van der Waals surface area contributed by atoms with Crippen molar-refractivity contribution < 1.29 is 18.3 Å². The van der Waals surface area contributed by atoms with Crippen molar-refractivity contribution in [3.63, 3.8) is 0 Å². The molecule has 2 unspecified atom stereocenters. The number of rotatable bonds is 4. The van der Waals surface area contributed by atoms with Crippen molar-refractivity contribution in [3.05, 3.63) is 46.8 Å².